The highest BCUT2D eigenvalue weighted by molar-refractivity contribution is 6.31. The number of hydrogen-bond donors (Lipinski definition) is 0. The molecule has 2 aliphatic rings. The molecule has 0 bridgehead atoms. The van der Waals surface area contributed by atoms with Gasteiger partial charge in [0.05, 0.1) is 11.6 Å². The van der Waals surface area contributed by atoms with Crippen LogP contribution < -0.4 is 0 Å². The summed E-state index contributed by atoms with van der Waals surface area (Å²) in [5, 5.41) is -0.00859. The molecule has 22 heavy (non-hydrogen) atoms. The van der Waals surface area contributed by atoms with E-state index in [2.05, 4.69) is 4.90 Å². The molecule has 0 aromatic heterocycles. The molecule has 2 fully saturated rings. The van der Waals surface area contributed by atoms with Crippen LogP contribution in [0, 0.1) is 11.7 Å². The molecule has 6 heteroatoms. The van der Waals surface area contributed by atoms with E-state index in [0.717, 1.165) is 39.3 Å². The smallest absolute Gasteiger partial charge is 0.253 e. The largest absolute Gasteiger partial charge is 0.381 e. The molecule has 3 rings (SSSR count). The minimum Gasteiger partial charge on any atom is -0.381 e. The van der Waals surface area contributed by atoms with Crippen molar-refractivity contribution >= 4 is 17.5 Å². The fourth-order valence-electron chi connectivity index (χ4n) is 3.04. The van der Waals surface area contributed by atoms with Crippen molar-refractivity contribution in [1.82, 2.24) is 9.80 Å². The van der Waals surface area contributed by atoms with Gasteiger partial charge in [0, 0.05) is 44.9 Å². The Morgan fingerprint density at radius 1 is 1.32 bits per heavy atom. The first-order valence-corrected chi connectivity index (χ1v) is 8.05. The Bertz CT molecular complexity index is 541. The van der Waals surface area contributed by atoms with Crippen LogP contribution in [0.5, 0.6) is 0 Å². The fourth-order valence-corrected chi connectivity index (χ4v) is 3.22. The van der Waals surface area contributed by atoms with Gasteiger partial charge in [0.25, 0.3) is 5.91 Å². The number of carbonyl (C=O) groups excluding carboxylic acids is 1. The monoisotopic (exact) mass is 326 g/mol. The van der Waals surface area contributed by atoms with Crippen molar-refractivity contribution in [2.45, 2.75) is 6.42 Å². The molecule has 2 heterocycles. The van der Waals surface area contributed by atoms with Gasteiger partial charge in [-0.25, -0.2) is 4.39 Å². The summed E-state index contributed by atoms with van der Waals surface area (Å²) >= 11 is 5.75. The molecule has 0 unspecified atom stereocenters. The molecule has 2 aliphatic heterocycles. The second-order valence-electron chi connectivity index (χ2n) is 5.95. The van der Waals surface area contributed by atoms with Crippen molar-refractivity contribution in [2.75, 3.05) is 45.9 Å². The minimum atomic E-state index is -0.498. The first kappa shape index (κ1) is 15.7. The Morgan fingerprint density at radius 3 is 2.73 bits per heavy atom. The summed E-state index contributed by atoms with van der Waals surface area (Å²) in [4.78, 5) is 16.6. The van der Waals surface area contributed by atoms with Gasteiger partial charge in [-0.05, 0) is 30.5 Å². The molecular formula is C16H20ClFN2O2. The summed E-state index contributed by atoms with van der Waals surface area (Å²) in [6.07, 6.45) is 1.13. The average Bonchev–Trinajstić information content (AvgIpc) is 3.03. The van der Waals surface area contributed by atoms with Gasteiger partial charge in [-0.1, -0.05) is 11.6 Å². The average molecular weight is 327 g/mol. The summed E-state index contributed by atoms with van der Waals surface area (Å²) in [5.74, 6) is 0.0470. The maximum atomic E-state index is 13.2. The first-order chi connectivity index (χ1) is 10.6. The lowest BCUT2D eigenvalue weighted by Gasteiger charge is -2.35. The van der Waals surface area contributed by atoms with E-state index in [1.807, 2.05) is 4.90 Å². The van der Waals surface area contributed by atoms with Crippen LogP contribution in [-0.4, -0.2) is 61.6 Å². The molecular weight excluding hydrogens is 307 g/mol. The number of piperazine rings is 1. The van der Waals surface area contributed by atoms with Crippen LogP contribution in [0.1, 0.15) is 16.8 Å². The lowest BCUT2D eigenvalue weighted by Crippen LogP contribution is -2.49. The van der Waals surface area contributed by atoms with E-state index in [-0.39, 0.29) is 10.9 Å². The summed E-state index contributed by atoms with van der Waals surface area (Å²) in [5.41, 5.74) is 0.448. The van der Waals surface area contributed by atoms with E-state index in [0.29, 0.717) is 24.6 Å². The maximum absolute atomic E-state index is 13.2. The van der Waals surface area contributed by atoms with Crippen molar-refractivity contribution in [3.8, 4) is 0 Å². The Morgan fingerprint density at radius 2 is 2.09 bits per heavy atom. The van der Waals surface area contributed by atoms with E-state index in [1.54, 1.807) is 0 Å². The highest BCUT2D eigenvalue weighted by atomic mass is 35.5. The molecule has 0 N–H and O–H groups in total. The second kappa shape index (κ2) is 6.94. The number of halogens is 2. The van der Waals surface area contributed by atoms with E-state index in [9.17, 15) is 9.18 Å². The Balaban J connectivity index is 1.53. The van der Waals surface area contributed by atoms with Crippen LogP contribution in [-0.2, 0) is 4.74 Å². The molecule has 0 aliphatic carbocycles. The number of nitrogens with zero attached hydrogens (tertiary/aromatic N) is 2. The Hall–Kier alpha value is -1.17. The highest BCUT2D eigenvalue weighted by Crippen LogP contribution is 2.19. The Labute approximate surface area is 134 Å². The third kappa shape index (κ3) is 3.59. The third-order valence-corrected chi connectivity index (χ3v) is 4.66. The van der Waals surface area contributed by atoms with Gasteiger partial charge in [-0.3, -0.25) is 9.69 Å². The zero-order chi connectivity index (χ0) is 15.5. The van der Waals surface area contributed by atoms with Crippen LogP contribution in [0.25, 0.3) is 0 Å². The minimum absolute atomic E-state index is 0.00859. The van der Waals surface area contributed by atoms with Gasteiger partial charge in [0.2, 0.25) is 0 Å². The zero-order valence-electron chi connectivity index (χ0n) is 12.4. The summed E-state index contributed by atoms with van der Waals surface area (Å²) in [6, 6.07) is 4.14. The first-order valence-electron chi connectivity index (χ1n) is 7.68. The van der Waals surface area contributed by atoms with Crippen LogP contribution in [0.15, 0.2) is 18.2 Å². The topological polar surface area (TPSA) is 32.8 Å². The number of rotatable bonds is 3. The maximum Gasteiger partial charge on any atom is 0.253 e. The predicted molar refractivity (Wildman–Crippen MR) is 82.7 cm³/mol. The molecule has 1 aromatic rings. The van der Waals surface area contributed by atoms with E-state index in [4.69, 9.17) is 16.3 Å². The molecule has 0 radical (unpaired) electrons. The van der Waals surface area contributed by atoms with Crippen molar-refractivity contribution in [3.05, 3.63) is 34.6 Å². The Kier molecular flexibility index (Phi) is 4.96. The number of benzene rings is 1. The summed E-state index contributed by atoms with van der Waals surface area (Å²) in [6.45, 7) is 5.91. The van der Waals surface area contributed by atoms with Crippen molar-refractivity contribution in [3.63, 3.8) is 0 Å². The number of carbonyl (C=O) groups is 1. The molecule has 0 spiro atoms. The van der Waals surface area contributed by atoms with E-state index in [1.165, 1.54) is 18.2 Å². The molecule has 120 valence electrons. The van der Waals surface area contributed by atoms with E-state index >= 15 is 0 Å². The second-order valence-corrected chi connectivity index (χ2v) is 6.36. The summed E-state index contributed by atoms with van der Waals surface area (Å²) < 4.78 is 18.6. The van der Waals surface area contributed by atoms with Gasteiger partial charge < -0.3 is 9.64 Å². The van der Waals surface area contributed by atoms with Gasteiger partial charge >= 0.3 is 0 Å². The molecule has 4 nitrogen and oxygen atoms in total. The lowest BCUT2D eigenvalue weighted by molar-refractivity contribution is 0.0611. The van der Waals surface area contributed by atoms with Crippen molar-refractivity contribution in [2.24, 2.45) is 5.92 Å². The van der Waals surface area contributed by atoms with Crippen LogP contribution in [0.2, 0.25) is 5.02 Å². The molecule has 1 aromatic carbocycles. The van der Waals surface area contributed by atoms with Crippen molar-refractivity contribution < 1.29 is 13.9 Å². The highest BCUT2D eigenvalue weighted by Gasteiger charge is 2.25. The van der Waals surface area contributed by atoms with Gasteiger partial charge in [-0.15, -0.1) is 0 Å². The normalized spacial score (nSPS) is 23.0. The summed E-state index contributed by atoms with van der Waals surface area (Å²) in [7, 11) is 0. The lowest BCUT2D eigenvalue weighted by atomic mass is 10.1. The quantitative estimate of drug-likeness (QED) is 0.854. The van der Waals surface area contributed by atoms with Gasteiger partial charge in [0.15, 0.2) is 0 Å². The van der Waals surface area contributed by atoms with Crippen LogP contribution >= 0.6 is 11.6 Å². The fraction of sp³-hybridized carbons (Fsp3) is 0.562. The number of hydrogen-bond acceptors (Lipinski definition) is 3. The van der Waals surface area contributed by atoms with Crippen LogP contribution in [0.4, 0.5) is 4.39 Å². The SMILES string of the molecule is O=C(c1ccc(F)c(Cl)c1)N1CCN(C[C@@H]2CCOC2)CC1. The molecule has 1 atom stereocenters. The van der Waals surface area contributed by atoms with Gasteiger partial charge in [0.1, 0.15) is 5.82 Å². The number of ether oxygens (including phenoxy) is 1. The standard InChI is InChI=1S/C16H20ClFN2O2/c17-14-9-13(1-2-15(14)18)16(21)20-6-4-19(5-7-20)10-12-3-8-22-11-12/h1-2,9,12H,3-8,10-11H2/t12-/m0/s1. The predicted octanol–water partition coefficient (Wildman–Crippen LogP) is 2.27. The molecule has 2 saturated heterocycles. The zero-order valence-corrected chi connectivity index (χ0v) is 13.2. The molecule has 0 saturated carbocycles. The van der Waals surface area contributed by atoms with Crippen molar-refractivity contribution in [1.29, 1.82) is 0 Å². The number of amides is 1. The van der Waals surface area contributed by atoms with Gasteiger partial charge in [-0.2, -0.15) is 0 Å². The van der Waals surface area contributed by atoms with E-state index < -0.39 is 5.82 Å². The molecule has 1 amide bonds. The third-order valence-electron chi connectivity index (χ3n) is 4.37. The van der Waals surface area contributed by atoms with Crippen LogP contribution in [0.3, 0.4) is 0 Å².